The Balaban J connectivity index is 1.47. The molecule has 9 heteroatoms. The van der Waals surface area contributed by atoms with Crippen molar-refractivity contribution in [2.75, 3.05) is 11.1 Å². The summed E-state index contributed by atoms with van der Waals surface area (Å²) in [7, 11) is 0. The van der Waals surface area contributed by atoms with E-state index < -0.39 is 0 Å². The van der Waals surface area contributed by atoms with Gasteiger partial charge >= 0.3 is 0 Å². The molecule has 1 aromatic carbocycles. The van der Waals surface area contributed by atoms with E-state index in [9.17, 15) is 10.1 Å². The summed E-state index contributed by atoms with van der Waals surface area (Å²) in [6.45, 7) is 6.55. The number of nitrogens with zero attached hydrogens (tertiary/aromatic N) is 4. The van der Waals surface area contributed by atoms with E-state index in [4.69, 9.17) is 11.6 Å². The van der Waals surface area contributed by atoms with Crippen molar-refractivity contribution in [3.05, 3.63) is 57.9 Å². The maximum absolute atomic E-state index is 12.7. The number of halogens is 1. The Bertz CT molecular complexity index is 1210. The number of anilines is 1. The van der Waals surface area contributed by atoms with Gasteiger partial charge in [0, 0.05) is 22.0 Å². The molecular formula is C24H24ClN5OS2. The third kappa shape index (κ3) is 5.16. The quantitative estimate of drug-likeness (QED) is 0.306. The molecule has 2 heterocycles. The van der Waals surface area contributed by atoms with Crippen molar-refractivity contribution in [2.45, 2.75) is 44.3 Å². The second-order valence-electron chi connectivity index (χ2n) is 7.89. The van der Waals surface area contributed by atoms with Crippen LogP contribution in [0.25, 0.3) is 11.4 Å². The second-order valence-corrected chi connectivity index (χ2v) is 10.4. The van der Waals surface area contributed by atoms with Crippen molar-refractivity contribution in [2.24, 2.45) is 5.92 Å². The number of carbonyl (C=O) groups is 1. The van der Waals surface area contributed by atoms with Gasteiger partial charge in [0.15, 0.2) is 11.0 Å². The van der Waals surface area contributed by atoms with E-state index in [1.807, 2.05) is 16.7 Å². The molecule has 1 unspecified atom stereocenters. The van der Waals surface area contributed by atoms with Crippen LogP contribution in [0.15, 0.2) is 42.1 Å². The first kappa shape index (κ1) is 23.6. The Hall–Kier alpha value is -2.60. The van der Waals surface area contributed by atoms with Crippen LogP contribution >= 0.6 is 34.7 Å². The van der Waals surface area contributed by atoms with Gasteiger partial charge in [0.25, 0.3) is 0 Å². The fourth-order valence-corrected chi connectivity index (χ4v) is 6.21. The number of rotatable bonds is 8. The van der Waals surface area contributed by atoms with Crippen molar-refractivity contribution in [1.29, 1.82) is 5.26 Å². The number of hydrogen-bond donors (Lipinski definition) is 1. The summed E-state index contributed by atoms with van der Waals surface area (Å²) in [5.41, 5.74) is 2.63. The molecule has 33 heavy (non-hydrogen) atoms. The topological polar surface area (TPSA) is 83.6 Å². The number of thioether (sulfide) groups is 1. The molecule has 0 aliphatic heterocycles. The molecule has 2 aromatic heterocycles. The number of carbonyl (C=O) groups excluding carboxylic acids is 1. The highest BCUT2D eigenvalue weighted by Crippen LogP contribution is 2.40. The maximum atomic E-state index is 12.7. The number of fused-ring (bicyclic) bond motifs is 1. The van der Waals surface area contributed by atoms with E-state index in [1.165, 1.54) is 16.6 Å². The first-order valence-corrected chi connectivity index (χ1v) is 13.0. The van der Waals surface area contributed by atoms with Gasteiger partial charge in [-0.25, -0.2) is 0 Å². The summed E-state index contributed by atoms with van der Waals surface area (Å²) in [5.74, 6) is 1.36. The minimum absolute atomic E-state index is 0.164. The lowest BCUT2D eigenvalue weighted by molar-refractivity contribution is -0.113. The number of nitrogens with one attached hydrogen (secondary N) is 1. The predicted molar refractivity (Wildman–Crippen MR) is 135 cm³/mol. The minimum atomic E-state index is -0.164. The van der Waals surface area contributed by atoms with Gasteiger partial charge in [0.2, 0.25) is 5.91 Å². The number of allylic oxidation sites excluding steroid dienone is 1. The molecule has 1 aliphatic carbocycles. The van der Waals surface area contributed by atoms with Gasteiger partial charge in [-0.05, 0) is 55.0 Å². The van der Waals surface area contributed by atoms with Crippen LogP contribution in [-0.4, -0.2) is 26.4 Å². The van der Waals surface area contributed by atoms with E-state index in [2.05, 4.69) is 35.1 Å². The lowest BCUT2D eigenvalue weighted by atomic mass is 9.86. The first-order valence-electron chi connectivity index (χ1n) is 10.8. The van der Waals surface area contributed by atoms with Crippen LogP contribution in [-0.2, 0) is 24.2 Å². The van der Waals surface area contributed by atoms with E-state index in [-0.39, 0.29) is 11.7 Å². The molecule has 3 aromatic rings. The van der Waals surface area contributed by atoms with Crippen LogP contribution in [0.5, 0.6) is 0 Å². The molecule has 0 radical (unpaired) electrons. The van der Waals surface area contributed by atoms with Crippen molar-refractivity contribution < 1.29 is 4.79 Å². The minimum Gasteiger partial charge on any atom is -0.316 e. The van der Waals surface area contributed by atoms with E-state index in [0.29, 0.717) is 39.0 Å². The van der Waals surface area contributed by atoms with Gasteiger partial charge < -0.3 is 5.32 Å². The van der Waals surface area contributed by atoms with Crippen molar-refractivity contribution >= 4 is 45.6 Å². The zero-order valence-electron chi connectivity index (χ0n) is 18.3. The van der Waals surface area contributed by atoms with Crippen molar-refractivity contribution in [3.8, 4) is 17.5 Å². The molecule has 0 fully saturated rings. The Labute approximate surface area is 206 Å². The van der Waals surface area contributed by atoms with Crippen molar-refractivity contribution in [1.82, 2.24) is 14.8 Å². The molecular weight excluding hydrogens is 474 g/mol. The summed E-state index contributed by atoms with van der Waals surface area (Å²) in [6, 6.07) is 9.69. The highest BCUT2D eigenvalue weighted by atomic mass is 35.5. The van der Waals surface area contributed by atoms with Gasteiger partial charge in [-0.2, -0.15) is 5.26 Å². The fourth-order valence-electron chi connectivity index (χ4n) is 4.00. The molecule has 4 rings (SSSR count). The van der Waals surface area contributed by atoms with E-state index in [1.54, 1.807) is 29.5 Å². The molecule has 1 amide bonds. The summed E-state index contributed by atoms with van der Waals surface area (Å²) in [6.07, 6.45) is 5.92. The Morgan fingerprint density at radius 2 is 2.21 bits per heavy atom. The zero-order chi connectivity index (χ0) is 23.4. The molecule has 1 N–H and O–H groups in total. The lowest BCUT2D eigenvalue weighted by Crippen LogP contribution is -2.15. The lowest BCUT2D eigenvalue weighted by Gasteiger charge is -2.20. The molecule has 170 valence electrons. The number of aromatic nitrogens is 3. The van der Waals surface area contributed by atoms with E-state index in [0.717, 1.165) is 36.8 Å². The van der Waals surface area contributed by atoms with Crippen LogP contribution < -0.4 is 5.32 Å². The maximum Gasteiger partial charge on any atom is 0.235 e. The van der Waals surface area contributed by atoms with Crippen LogP contribution in [0.2, 0.25) is 5.02 Å². The second kappa shape index (κ2) is 10.6. The van der Waals surface area contributed by atoms with Gasteiger partial charge in [-0.1, -0.05) is 42.8 Å². The van der Waals surface area contributed by atoms with Crippen LogP contribution in [0.3, 0.4) is 0 Å². The van der Waals surface area contributed by atoms with Gasteiger partial charge in [-0.15, -0.1) is 28.1 Å². The van der Waals surface area contributed by atoms with Crippen LogP contribution in [0.1, 0.15) is 35.8 Å². The zero-order valence-corrected chi connectivity index (χ0v) is 20.7. The SMILES string of the molecule is C=CCn1c(SCC(=O)Nc2sc3c(c2C#N)CCC(CC)C3)nnc1-c1ccc(Cl)cc1. The summed E-state index contributed by atoms with van der Waals surface area (Å²) in [5, 5.41) is 23.2. The average Bonchev–Trinajstić information content (AvgIpc) is 3.38. The normalized spacial score (nSPS) is 15.0. The molecule has 0 saturated heterocycles. The molecule has 0 bridgehead atoms. The van der Waals surface area contributed by atoms with Crippen molar-refractivity contribution in [3.63, 3.8) is 0 Å². The highest BCUT2D eigenvalue weighted by Gasteiger charge is 2.26. The summed E-state index contributed by atoms with van der Waals surface area (Å²) < 4.78 is 1.92. The Kier molecular flexibility index (Phi) is 7.53. The largest absolute Gasteiger partial charge is 0.316 e. The monoisotopic (exact) mass is 497 g/mol. The van der Waals surface area contributed by atoms with Gasteiger partial charge in [-0.3, -0.25) is 9.36 Å². The summed E-state index contributed by atoms with van der Waals surface area (Å²) in [4.78, 5) is 14.0. The van der Waals surface area contributed by atoms with Crippen LogP contribution in [0, 0.1) is 17.2 Å². The number of amides is 1. The molecule has 0 spiro atoms. The molecule has 6 nitrogen and oxygen atoms in total. The van der Waals surface area contributed by atoms with Crippen LogP contribution in [0.4, 0.5) is 5.00 Å². The smallest absolute Gasteiger partial charge is 0.235 e. The predicted octanol–water partition coefficient (Wildman–Crippen LogP) is 5.96. The average molecular weight is 498 g/mol. The van der Waals surface area contributed by atoms with Gasteiger partial charge in [0.05, 0.1) is 11.3 Å². The standard InChI is InChI=1S/C24H24ClN5OS2/c1-3-11-30-22(16-6-8-17(25)9-7-16)28-29-24(30)32-14-21(31)27-23-19(13-26)18-10-5-15(4-2)12-20(18)33-23/h3,6-9,15H,1,4-5,10-12,14H2,2H3,(H,27,31). The Morgan fingerprint density at radius 3 is 2.91 bits per heavy atom. The number of thiophene rings is 1. The van der Waals surface area contributed by atoms with E-state index >= 15 is 0 Å². The number of hydrogen-bond acceptors (Lipinski definition) is 6. The Morgan fingerprint density at radius 1 is 1.42 bits per heavy atom. The summed E-state index contributed by atoms with van der Waals surface area (Å²) >= 11 is 8.86. The molecule has 0 saturated carbocycles. The number of nitriles is 1. The third-order valence-electron chi connectivity index (χ3n) is 5.77. The third-order valence-corrected chi connectivity index (χ3v) is 8.16. The first-order chi connectivity index (χ1) is 16.0. The highest BCUT2D eigenvalue weighted by molar-refractivity contribution is 7.99. The molecule has 1 aliphatic rings. The number of benzene rings is 1. The fraction of sp³-hybridized carbons (Fsp3) is 0.333. The molecule has 1 atom stereocenters. The van der Waals surface area contributed by atoms with Gasteiger partial charge in [0.1, 0.15) is 11.1 Å².